The summed E-state index contributed by atoms with van der Waals surface area (Å²) in [7, 11) is 0. The lowest BCUT2D eigenvalue weighted by atomic mass is 10.1. The van der Waals surface area contributed by atoms with E-state index in [4.69, 9.17) is 0 Å². The molecule has 1 N–H and O–H groups in total. The lowest BCUT2D eigenvalue weighted by Crippen LogP contribution is -2.32. The molecule has 82 valence electrons. The van der Waals surface area contributed by atoms with Crippen LogP contribution < -0.4 is 5.32 Å². The van der Waals surface area contributed by atoms with Crippen LogP contribution in [0.25, 0.3) is 0 Å². The molecule has 3 heteroatoms. The van der Waals surface area contributed by atoms with Crippen LogP contribution in [-0.2, 0) is 11.2 Å². The van der Waals surface area contributed by atoms with Crippen molar-refractivity contribution >= 4 is 17.1 Å². The van der Waals surface area contributed by atoms with E-state index in [0.717, 1.165) is 5.56 Å². The van der Waals surface area contributed by atoms with Crippen LogP contribution in [0.1, 0.15) is 31.2 Å². The van der Waals surface area contributed by atoms with Crippen LogP contribution in [0.15, 0.2) is 16.8 Å². The van der Waals surface area contributed by atoms with Gasteiger partial charge in [-0.25, -0.2) is 0 Å². The molecule has 1 aliphatic rings. The fraction of sp³-hybridized carbons (Fsp3) is 0.583. The first-order valence-electron chi connectivity index (χ1n) is 5.61. The van der Waals surface area contributed by atoms with Crippen molar-refractivity contribution in [3.63, 3.8) is 0 Å². The molecule has 0 unspecified atom stereocenters. The van der Waals surface area contributed by atoms with Gasteiger partial charge in [0.05, 0.1) is 6.54 Å². The molecule has 0 saturated heterocycles. The Kier molecular flexibility index (Phi) is 3.92. The smallest absolute Gasteiger partial charge is 0.151 e. The maximum Gasteiger partial charge on any atom is 0.151 e. The fourth-order valence-electron chi connectivity index (χ4n) is 2.07. The largest absolute Gasteiger partial charge is 0.307 e. The summed E-state index contributed by atoms with van der Waals surface area (Å²) in [6.45, 7) is 0.542. The van der Waals surface area contributed by atoms with E-state index in [-0.39, 0.29) is 0 Å². The first kappa shape index (κ1) is 10.8. The highest BCUT2D eigenvalue weighted by atomic mass is 32.1. The standard InChI is InChI=1S/C12H17NOS/c14-12(7-10-5-6-15-9-10)8-13-11-3-1-2-4-11/h5-6,9,11,13H,1-4,7-8H2. The Balaban J connectivity index is 1.68. The minimum atomic E-state index is 0.306. The van der Waals surface area contributed by atoms with Gasteiger partial charge in [-0.2, -0.15) is 11.3 Å². The fourth-order valence-corrected chi connectivity index (χ4v) is 2.74. The molecule has 0 radical (unpaired) electrons. The van der Waals surface area contributed by atoms with Gasteiger partial charge in [0, 0.05) is 12.5 Å². The quantitative estimate of drug-likeness (QED) is 0.830. The summed E-state index contributed by atoms with van der Waals surface area (Å²) >= 11 is 1.65. The Hall–Kier alpha value is -0.670. The van der Waals surface area contributed by atoms with Crippen LogP contribution in [-0.4, -0.2) is 18.4 Å². The lowest BCUT2D eigenvalue weighted by Gasteiger charge is -2.10. The topological polar surface area (TPSA) is 29.1 Å². The van der Waals surface area contributed by atoms with Gasteiger partial charge in [0.15, 0.2) is 5.78 Å². The lowest BCUT2D eigenvalue weighted by molar-refractivity contribution is -0.117. The molecule has 0 atom stereocenters. The average molecular weight is 223 g/mol. The number of Topliss-reactive ketones (excluding diaryl/α,β-unsaturated/α-hetero) is 1. The minimum absolute atomic E-state index is 0.306. The van der Waals surface area contributed by atoms with Crippen molar-refractivity contribution in [2.24, 2.45) is 0 Å². The molecule has 2 rings (SSSR count). The summed E-state index contributed by atoms with van der Waals surface area (Å²) in [5, 5.41) is 7.42. The van der Waals surface area contributed by atoms with Crippen LogP contribution in [0.2, 0.25) is 0 Å². The van der Waals surface area contributed by atoms with E-state index in [2.05, 4.69) is 5.32 Å². The van der Waals surface area contributed by atoms with E-state index in [1.165, 1.54) is 25.7 Å². The number of hydrogen-bond acceptors (Lipinski definition) is 3. The third-order valence-electron chi connectivity index (χ3n) is 2.92. The van der Waals surface area contributed by atoms with Crippen molar-refractivity contribution in [3.05, 3.63) is 22.4 Å². The highest BCUT2D eigenvalue weighted by molar-refractivity contribution is 7.07. The zero-order valence-electron chi connectivity index (χ0n) is 8.87. The summed E-state index contributed by atoms with van der Waals surface area (Å²) < 4.78 is 0. The van der Waals surface area contributed by atoms with E-state index in [9.17, 15) is 4.79 Å². The highest BCUT2D eigenvalue weighted by Crippen LogP contribution is 2.17. The molecular weight excluding hydrogens is 206 g/mol. The van der Waals surface area contributed by atoms with Crippen molar-refractivity contribution in [2.45, 2.75) is 38.1 Å². The molecule has 15 heavy (non-hydrogen) atoms. The molecule has 1 saturated carbocycles. The van der Waals surface area contributed by atoms with Crippen molar-refractivity contribution in [1.29, 1.82) is 0 Å². The van der Waals surface area contributed by atoms with Crippen LogP contribution in [0.3, 0.4) is 0 Å². The molecule has 0 aromatic carbocycles. The van der Waals surface area contributed by atoms with Gasteiger partial charge < -0.3 is 5.32 Å². The summed E-state index contributed by atoms with van der Waals surface area (Å²) in [6.07, 6.45) is 5.70. The third-order valence-corrected chi connectivity index (χ3v) is 3.66. The van der Waals surface area contributed by atoms with Crippen LogP contribution in [0.4, 0.5) is 0 Å². The number of carbonyl (C=O) groups excluding carboxylic acids is 1. The number of thiophene rings is 1. The molecule has 0 aliphatic heterocycles. The second kappa shape index (κ2) is 5.42. The molecular formula is C12H17NOS. The molecule has 2 nitrogen and oxygen atoms in total. The molecule has 0 bridgehead atoms. The van der Waals surface area contributed by atoms with Gasteiger partial charge in [-0.1, -0.05) is 12.8 Å². The van der Waals surface area contributed by atoms with Gasteiger partial charge >= 0.3 is 0 Å². The van der Waals surface area contributed by atoms with Crippen molar-refractivity contribution in [2.75, 3.05) is 6.54 Å². The normalized spacial score (nSPS) is 17.1. The van der Waals surface area contributed by atoms with Crippen LogP contribution in [0, 0.1) is 0 Å². The number of carbonyl (C=O) groups is 1. The highest BCUT2D eigenvalue weighted by Gasteiger charge is 2.15. The van der Waals surface area contributed by atoms with Gasteiger partial charge in [0.2, 0.25) is 0 Å². The molecule has 0 spiro atoms. The van der Waals surface area contributed by atoms with Crippen molar-refractivity contribution in [1.82, 2.24) is 5.32 Å². The van der Waals surface area contributed by atoms with E-state index >= 15 is 0 Å². The van der Waals surface area contributed by atoms with E-state index in [1.807, 2.05) is 16.8 Å². The van der Waals surface area contributed by atoms with Gasteiger partial charge in [-0.05, 0) is 35.2 Å². The molecule has 1 aromatic rings. The second-order valence-corrected chi connectivity index (χ2v) is 4.99. The number of hydrogen-bond donors (Lipinski definition) is 1. The van der Waals surface area contributed by atoms with Gasteiger partial charge in [0.25, 0.3) is 0 Å². The van der Waals surface area contributed by atoms with Gasteiger partial charge in [0.1, 0.15) is 0 Å². The Morgan fingerprint density at radius 1 is 1.47 bits per heavy atom. The van der Waals surface area contributed by atoms with E-state index < -0.39 is 0 Å². The second-order valence-electron chi connectivity index (χ2n) is 4.21. The molecule has 1 heterocycles. The molecule has 1 aliphatic carbocycles. The monoisotopic (exact) mass is 223 g/mol. The van der Waals surface area contributed by atoms with E-state index in [1.54, 1.807) is 11.3 Å². The average Bonchev–Trinajstić information content (AvgIpc) is 2.86. The maximum atomic E-state index is 11.6. The first-order chi connectivity index (χ1) is 7.34. The third kappa shape index (κ3) is 3.43. The number of ketones is 1. The first-order valence-corrected chi connectivity index (χ1v) is 6.55. The Bertz CT molecular complexity index is 301. The van der Waals surface area contributed by atoms with Crippen LogP contribution >= 0.6 is 11.3 Å². The Morgan fingerprint density at radius 3 is 2.93 bits per heavy atom. The van der Waals surface area contributed by atoms with Gasteiger partial charge in [-0.3, -0.25) is 4.79 Å². The SMILES string of the molecule is O=C(CNC1CCCC1)Cc1ccsc1. The zero-order chi connectivity index (χ0) is 10.5. The summed E-state index contributed by atoms with van der Waals surface area (Å²) in [5.41, 5.74) is 1.15. The van der Waals surface area contributed by atoms with Crippen LogP contribution in [0.5, 0.6) is 0 Å². The predicted octanol–water partition coefficient (Wildman–Crippen LogP) is 2.39. The Labute approximate surface area is 94.7 Å². The maximum absolute atomic E-state index is 11.6. The summed E-state index contributed by atoms with van der Waals surface area (Å²) in [6, 6.07) is 2.62. The minimum Gasteiger partial charge on any atom is -0.307 e. The van der Waals surface area contributed by atoms with Crippen molar-refractivity contribution < 1.29 is 4.79 Å². The zero-order valence-corrected chi connectivity index (χ0v) is 9.69. The predicted molar refractivity (Wildman–Crippen MR) is 63.3 cm³/mol. The van der Waals surface area contributed by atoms with Crippen molar-refractivity contribution in [3.8, 4) is 0 Å². The van der Waals surface area contributed by atoms with Gasteiger partial charge in [-0.15, -0.1) is 0 Å². The van der Waals surface area contributed by atoms with E-state index in [0.29, 0.717) is 24.8 Å². The molecule has 1 fully saturated rings. The summed E-state index contributed by atoms with van der Waals surface area (Å²) in [5.74, 6) is 0.306. The number of rotatable bonds is 5. The summed E-state index contributed by atoms with van der Waals surface area (Å²) in [4.78, 5) is 11.6. The number of nitrogens with one attached hydrogen (secondary N) is 1. The molecule has 0 amide bonds. The molecule has 1 aromatic heterocycles. The Morgan fingerprint density at radius 2 is 2.27 bits per heavy atom.